The molecule has 0 saturated heterocycles. The molecule has 0 aliphatic carbocycles. The maximum absolute atomic E-state index is 12.8. The molecule has 1 amide bonds. The van der Waals surface area contributed by atoms with Gasteiger partial charge in [-0.2, -0.15) is 0 Å². The van der Waals surface area contributed by atoms with Gasteiger partial charge in [0.2, 0.25) is 5.91 Å². The normalized spacial score (nSPS) is 13.9. The van der Waals surface area contributed by atoms with E-state index < -0.39 is 5.97 Å². The number of esters is 1. The van der Waals surface area contributed by atoms with Gasteiger partial charge in [-0.1, -0.05) is 26.7 Å². The van der Waals surface area contributed by atoms with Gasteiger partial charge in [-0.05, 0) is 18.9 Å². The maximum atomic E-state index is 12.8. The van der Waals surface area contributed by atoms with Gasteiger partial charge in [0.05, 0.1) is 25.8 Å². The zero-order valence-electron chi connectivity index (χ0n) is 14.7. The number of methoxy groups -OCH3 is 1. The van der Waals surface area contributed by atoms with E-state index in [-0.39, 0.29) is 11.8 Å². The van der Waals surface area contributed by atoms with Crippen molar-refractivity contribution in [1.82, 2.24) is 9.88 Å². The summed E-state index contributed by atoms with van der Waals surface area (Å²) in [6.45, 7) is 5.56. The Hall–Kier alpha value is -2.11. The van der Waals surface area contributed by atoms with E-state index in [2.05, 4.69) is 18.8 Å². The van der Waals surface area contributed by atoms with Gasteiger partial charge in [0.15, 0.2) is 0 Å². The molecule has 24 heavy (non-hydrogen) atoms. The molecule has 0 radical (unpaired) electrons. The summed E-state index contributed by atoms with van der Waals surface area (Å²) < 4.78 is 10.4. The predicted octanol–water partition coefficient (Wildman–Crippen LogP) is 2.81. The first kappa shape index (κ1) is 18.2. The minimum Gasteiger partial charge on any atom is -0.490 e. The van der Waals surface area contributed by atoms with Crippen LogP contribution in [0.25, 0.3) is 0 Å². The van der Waals surface area contributed by atoms with Crippen LogP contribution in [0.3, 0.4) is 0 Å². The number of pyridine rings is 1. The molecule has 0 N–H and O–H groups in total. The van der Waals surface area contributed by atoms with Crippen LogP contribution in [0.1, 0.15) is 55.6 Å². The molecule has 0 fully saturated rings. The van der Waals surface area contributed by atoms with Crippen molar-refractivity contribution < 1.29 is 19.1 Å². The largest absolute Gasteiger partial charge is 0.490 e. The second-order valence-electron chi connectivity index (χ2n) is 6.04. The number of carbonyl (C=O) groups excluding carboxylic acids is 2. The summed E-state index contributed by atoms with van der Waals surface area (Å²) in [5, 5.41) is 0. The Kier molecular flexibility index (Phi) is 6.58. The molecule has 0 aromatic carbocycles. The number of amides is 1. The molecule has 1 aromatic rings. The second-order valence-corrected chi connectivity index (χ2v) is 6.04. The minimum atomic E-state index is -0.447. The summed E-state index contributed by atoms with van der Waals surface area (Å²) in [5.41, 5.74) is 1.03. The minimum absolute atomic E-state index is 0.0656. The summed E-state index contributed by atoms with van der Waals surface area (Å²) in [5.74, 6) is 0.345. The number of carbonyl (C=O) groups is 2. The molecule has 1 aliphatic rings. The van der Waals surface area contributed by atoms with E-state index in [0.717, 1.165) is 25.7 Å². The molecule has 2 heterocycles. The first-order valence-corrected chi connectivity index (χ1v) is 8.59. The van der Waals surface area contributed by atoms with Crippen LogP contribution >= 0.6 is 0 Å². The van der Waals surface area contributed by atoms with E-state index in [9.17, 15) is 9.59 Å². The molecule has 0 unspecified atom stereocenters. The van der Waals surface area contributed by atoms with Crippen LogP contribution in [-0.2, 0) is 16.1 Å². The lowest BCUT2D eigenvalue weighted by Crippen LogP contribution is -2.37. The Morgan fingerprint density at radius 1 is 1.33 bits per heavy atom. The van der Waals surface area contributed by atoms with Crippen LogP contribution in [0.15, 0.2) is 12.3 Å². The number of rotatable bonds is 6. The van der Waals surface area contributed by atoms with E-state index in [1.807, 2.05) is 4.90 Å². The number of hydrogen-bond acceptors (Lipinski definition) is 5. The zero-order chi connectivity index (χ0) is 17.5. The van der Waals surface area contributed by atoms with Gasteiger partial charge in [0.1, 0.15) is 18.1 Å². The van der Waals surface area contributed by atoms with E-state index in [4.69, 9.17) is 9.47 Å². The van der Waals surface area contributed by atoms with Crippen LogP contribution in [0.5, 0.6) is 5.75 Å². The van der Waals surface area contributed by atoms with Gasteiger partial charge in [0.25, 0.3) is 0 Å². The quantitative estimate of drug-likeness (QED) is 0.748. The van der Waals surface area contributed by atoms with Crippen molar-refractivity contribution in [3.8, 4) is 5.75 Å². The summed E-state index contributed by atoms with van der Waals surface area (Å²) in [6.07, 6.45) is 5.28. The Morgan fingerprint density at radius 2 is 2.04 bits per heavy atom. The highest BCUT2D eigenvalue weighted by Gasteiger charge is 2.26. The third-order valence-corrected chi connectivity index (χ3v) is 4.25. The van der Waals surface area contributed by atoms with Crippen molar-refractivity contribution >= 4 is 11.9 Å². The van der Waals surface area contributed by atoms with Crippen LogP contribution in [-0.4, -0.2) is 42.0 Å². The molecule has 132 valence electrons. The van der Waals surface area contributed by atoms with Gasteiger partial charge in [-0.3, -0.25) is 9.78 Å². The Morgan fingerprint density at radius 3 is 2.67 bits per heavy atom. The molecule has 2 rings (SSSR count). The lowest BCUT2D eigenvalue weighted by atomic mass is 9.96. The Bertz CT molecular complexity index is 582. The lowest BCUT2D eigenvalue weighted by molar-refractivity contribution is -0.136. The summed E-state index contributed by atoms with van der Waals surface area (Å²) in [7, 11) is 1.33. The van der Waals surface area contributed by atoms with Gasteiger partial charge in [-0.25, -0.2) is 4.79 Å². The van der Waals surface area contributed by atoms with Crippen molar-refractivity contribution in [2.45, 2.75) is 46.1 Å². The molecule has 0 saturated carbocycles. The van der Waals surface area contributed by atoms with E-state index in [1.165, 1.54) is 13.3 Å². The smallest absolute Gasteiger partial charge is 0.339 e. The molecular weight excluding hydrogens is 308 g/mol. The molecule has 6 heteroatoms. The zero-order valence-corrected chi connectivity index (χ0v) is 14.7. The fourth-order valence-electron chi connectivity index (χ4n) is 3.01. The topological polar surface area (TPSA) is 68.7 Å². The first-order chi connectivity index (χ1) is 11.6. The number of nitrogens with zero attached hydrogens (tertiary/aromatic N) is 2. The third-order valence-electron chi connectivity index (χ3n) is 4.25. The third kappa shape index (κ3) is 4.24. The summed E-state index contributed by atoms with van der Waals surface area (Å²) in [4.78, 5) is 30.6. The Labute approximate surface area is 143 Å². The molecule has 0 bridgehead atoms. The lowest BCUT2D eigenvalue weighted by Gasteiger charge is -2.25. The number of fused-ring (bicyclic) bond motifs is 1. The average Bonchev–Trinajstić information content (AvgIpc) is 2.81. The molecule has 6 nitrogen and oxygen atoms in total. The highest BCUT2D eigenvalue weighted by Crippen LogP contribution is 2.25. The second kappa shape index (κ2) is 8.66. The van der Waals surface area contributed by atoms with Gasteiger partial charge < -0.3 is 14.4 Å². The Balaban J connectivity index is 2.16. The fourth-order valence-corrected chi connectivity index (χ4v) is 3.01. The van der Waals surface area contributed by atoms with E-state index in [0.29, 0.717) is 36.7 Å². The summed E-state index contributed by atoms with van der Waals surface area (Å²) in [6, 6.07) is 1.64. The molecule has 0 spiro atoms. The van der Waals surface area contributed by atoms with Crippen molar-refractivity contribution in [2.75, 3.05) is 20.3 Å². The standard InChI is InChI=1S/C18H26N2O4/c1-4-6-13(7-5-2)17(21)20-8-9-24-16-10-14(18(22)23-3)11-19-15(16)12-20/h10-11,13H,4-9,12H2,1-3H3. The molecule has 1 aliphatic heterocycles. The van der Waals surface area contributed by atoms with Gasteiger partial charge in [-0.15, -0.1) is 0 Å². The maximum Gasteiger partial charge on any atom is 0.339 e. The average molecular weight is 334 g/mol. The number of ether oxygens (including phenoxy) is 2. The van der Waals surface area contributed by atoms with E-state index in [1.54, 1.807) is 6.07 Å². The van der Waals surface area contributed by atoms with Crippen LogP contribution in [0.2, 0.25) is 0 Å². The SMILES string of the molecule is CCCC(CCC)C(=O)N1CCOc2cc(C(=O)OC)cnc2C1. The van der Waals surface area contributed by atoms with Crippen LogP contribution in [0.4, 0.5) is 0 Å². The van der Waals surface area contributed by atoms with Crippen molar-refractivity contribution in [2.24, 2.45) is 5.92 Å². The van der Waals surface area contributed by atoms with Crippen molar-refractivity contribution in [3.63, 3.8) is 0 Å². The number of hydrogen-bond donors (Lipinski definition) is 0. The van der Waals surface area contributed by atoms with E-state index >= 15 is 0 Å². The van der Waals surface area contributed by atoms with Crippen LogP contribution in [0, 0.1) is 5.92 Å². The number of aromatic nitrogens is 1. The van der Waals surface area contributed by atoms with Crippen molar-refractivity contribution in [1.29, 1.82) is 0 Å². The highest BCUT2D eigenvalue weighted by molar-refractivity contribution is 5.89. The van der Waals surface area contributed by atoms with Gasteiger partial charge in [0, 0.05) is 12.1 Å². The highest BCUT2D eigenvalue weighted by atomic mass is 16.5. The molecule has 1 aromatic heterocycles. The molecular formula is C18H26N2O4. The first-order valence-electron chi connectivity index (χ1n) is 8.59. The molecule has 0 atom stereocenters. The van der Waals surface area contributed by atoms with Crippen molar-refractivity contribution in [3.05, 3.63) is 23.5 Å². The monoisotopic (exact) mass is 334 g/mol. The van der Waals surface area contributed by atoms with Crippen LogP contribution < -0.4 is 4.74 Å². The summed E-state index contributed by atoms with van der Waals surface area (Å²) >= 11 is 0. The van der Waals surface area contributed by atoms with Gasteiger partial charge >= 0.3 is 5.97 Å². The predicted molar refractivity (Wildman–Crippen MR) is 89.8 cm³/mol. The fraction of sp³-hybridized carbons (Fsp3) is 0.611.